The van der Waals surface area contributed by atoms with Crippen LogP contribution in [-0.4, -0.2) is 0 Å². The highest BCUT2D eigenvalue weighted by molar-refractivity contribution is 5.24. The molecule has 0 aromatic rings. The second kappa shape index (κ2) is 7.52. The molecule has 0 N–H and O–H groups in total. The van der Waals surface area contributed by atoms with Gasteiger partial charge in [-0.2, -0.15) is 0 Å². The molecular formula is C30H50. The Balaban J connectivity index is 1.61. The third-order valence-corrected chi connectivity index (χ3v) is 12.0. The number of allylic oxidation sites excluding steroid dienone is 4. The van der Waals surface area contributed by atoms with Gasteiger partial charge in [-0.25, -0.2) is 0 Å². The van der Waals surface area contributed by atoms with Gasteiger partial charge in [-0.3, -0.25) is 0 Å². The summed E-state index contributed by atoms with van der Waals surface area (Å²) in [6.45, 7) is 20.4. The normalized spacial score (nSPS) is 48.8. The van der Waals surface area contributed by atoms with Crippen molar-refractivity contribution in [3.05, 3.63) is 23.3 Å². The van der Waals surface area contributed by atoms with E-state index in [0.717, 1.165) is 23.7 Å². The van der Waals surface area contributed by atoms with Crippen LogP contribution in [0.1, 0.15) is 120 Å². The quantitative estimate of drug-likeness (QED) is 0.405. The van der Waals surface area contributed by atoms with Gasteiger partial charge in [0.15, 0.2) is 0 Å². The maximum atomic E-state index is 2.76. The van der Waals surface area contributed by atoms with Crippen LogP contribution in [0.2, 0.25) is 0 Å². The molecule has 0 aromatic heterocycles. The molecule has 0 saturated heterocycles. The second-order valence-electron chi connectivity index (χ2n) is 13.3. The van der Waals surface area contributed by atoms with Gasteiger partial charge in [-0.1, -0.05) is 57.9 Å². The maximum absolute atomic E-state index is 2.76. The lowest BCUT2D eigenvalue weighted by Crippen LogP contribution is -2.61. The summed E-state index contributed by atoms with van der Waals surface area (Å²) in [5, 5.41) is 0. The molecule has 0 aromatic carbocycles. The van der Waals surface area contributed by atoms with Crippen LogP contribution in [0.25, 0.3) is 0 Å². The molecular weight excluding hydrogens is 360 g/mol. The van der Waals surface area contributed by atoms with Gasteiger partial charge in [-0.05, 0) is 130 Å². The zero-order valence-corrected chi connectivity index (χ0v) is 21.5. The van der Waals surface area contributed by atoms with E-state index in [2.05, 4.69) is 67.5 Å². The highest BCUT2D eigenvalue weighted by atomic mass is 14.7. The molecule has 4 rings (SSSR count). The summed E-state index contributed by atoms with van der Waals surface area (Å²) >= 11 is 0. The molecule has 0 heteroatoms. The third kappa shape index (κ3) is 3.05. The Labute approximate surface area is 188 Å². The zero-order valence-electron chi connectivity index (χ0n) is 21.5. The van der Waals surface area contributed by atoms with Crippen molar-refractivity contribution < 1.29 is 0 Å². The van der Waals surface area contributed by atoms with E-state index in [0.29, 0.717) is 21.7 Å². The molecule has 0 heterocycles. The van der Waals surface area contributed by atoms with Crippen LogP contribution in [0.15, 0.2) is 23.3 Å². The largest absolute Gasteiger partial charge is 0.0859 e. The van der Waals surface area contributed by atoms with Crippen molar-refractivity contribution in [1.29, 1.82) is 0 Å². The molecule has 0 radical (unpaired) electrons. The summed E-state index contributed by atoms with van der Waals surface area (Å²) in [4.78, 5) is 0. The van der Waals surface area contributed by atoms with Crippen molar-refractivity contribution in [1.82, 2.24) is 0 Å². The van der Waals surface area contributed by atoms with Gasteiger partial charge in [0.25, 0.3) is 0 Å². The van der Waals surface area contributed by atoms with Crippen molar-refractivity contribution in [3.8, 4) is 0 Å². The number of fused-ring (bicyclic) bond motifs is 5. The molecule has 3 fully saturated rings. The Kier molecular flexibility index (Phi) is 5.68. The monoisotopic (exact) mass is 410 g/mol. The molecule has 170 valence electrons. The highest BCUT2D eigenvalue weighted by Crippen LogP contribution is 2.76. The van der Waals surface area contributed by atoms with Gasteiger partial charge in [0, 0.05) is 0 Å². The van der Waals surface area contributed by atoms with E-state index in [1.54, 1.807) is 5.57 Å². The van der Waals surface area contributed by atoms with Crippen LogP contribution >= 0.6 is 0 Å². The van der Waals surface area contributed by atoms with Crippen molar-refractivity contribution in [2.24, 2.45) is 45.3 Å². The van der Waals surface area contributed by atoms with Gasteiger partial charge in [-0.15, -0.1) is 0 Å². The van der Waals surface area contributed by atoms with Crippen LogP contribution in [-0.2, 0) is 0 Å². The van der Waals surface area contributed by atoms with Crippen molar-refractivity contribution >= 4 is 0 Å². The smallest absolute Gasteiger partial charge is 0.00854 e. The summed E-state index contributed by atoms with van der Waals surface area (Å²) in [6, 6.07) is 0. The van der Waals surface area contributed by atoms with Crippen molar-refractivity contribution in [2.75, 3.05) is 0 Å². The van der Waals surface area contributed by atoms with Gasteiger partial charge in [0.2, 0.25) is 0 Å². The molecule has 0 bridgehead atoms. The summed E-state index contributed by atoms with van der Waals surface area (Å²) in [5.74, 6) is 3.64. The van der Waals surface area contributed by atoms with E-state index < -0.39 is 0 Å². The Hall–Kier alpha value is -0.520. The SMILES string of the molecule is CC(C)=CCC[C@@H](C)[C@@H]1CC[C@]2(C)[C@@H]3CC[C@]4(C)C(C)=CCC[C@@H]4[C@]3(C)CC[C@@]12C. The predicted octanol–water partition coefficient (Wildman–Crippen LogP) is 9.36. The van der Waals surface area contributed by atoms with Gasteiger partial charge in [0.1, 0.15) is 0 Å². The fourth-order valence-electron chi connectivity index (χ4n) is 9.94. The fourth-order valence-corrected chi connectivity index (χ4v) is 9.94. The molecule has 4 aliphatic rings. The first-order chi connectivity index (χ1) is 14.0. The van der Waals surface area contributed by atoms with E-state index in [-0.39, 0.29) is 0 Å². The van der Waals surface area contributed by atoms with Gasteiger partial charge in [0.05, 0.1) is 0 Å². The molecule has 3 saturated carbocycles. The summed E-state index contributed by atoms with van der Waals surface area (Å²) in [6.07, 6.45) is 19.3. The van der Waals surface area contributed by atoms with Gasteiger partial charge >= 0.3 is 0 Å². The summed E-state index contributed by atoms with van der Waals surface area (Å²) < 4.78 is 0. The molecule has 0 amide bonds. The Morgan fingerprint density at radius 3 is 2.40 bits per heavy atom. The standard InChI is InChI=1S/C30H50/c1-21(2)11-9-12-22(3)24-15-18-30(8)26-16-17-27(5)23(4)13-10-14-25(27)28(26,6)19-20-29(24,30)7/h11,13,22,24-26H,9-10,12,14-20H2,1-8H3/t22-,24+,25+,26-,27-,28+,29+,30-/m1/s1. The first-order valence-electron chi connectivity index (χ1n) is 13.3. The van der Waals surface area contributed by atoms with Crippen LogP contribution in [0.3, 0.4) is 0 Å². The average molecular weight is 411 g/mol. The van der Waals surface area contributed by atoms with Crippen molar-refractivity contribution in [3.63, 3.8) is 0 Å². The van der Waals surface area contributed by atoms with Crippen LogP contribution < -0.4 is 0 Å². The van der Waals surface area contributed by atoms with Gasteiger partial charge < -0.3 is 0 Å². The molecule has 0 aliphatic heterocycles. The van der Waals surface area contributed by atoms with Crippen molar-refractivity contribution in [2.45, 2.75) is 120 Å². The predicted molar refractivity (Wildman–Crippen MR) is 131 cm³/mol. The highest BCUT2D eigenvalue weighted by Gasteiger charge is 2.68. The van der Waals surface area contributed by atoms with E-state index in [1.165, 1.54) is 69.8 Å². The summed E-state index contributed by atoms with van der Waals surface area (Å²) in [7, 11) is 0. The maximum Gasteiger partial charge on any atom is -0.00854 e. The molecule has 8 atom stereocenters. The molecule has 0 spiro atoms. The van der Waals surface area contributed by atoms with Crippen LogP contribution in [0, 0.1) is 45.3 Å². The lowest BCUT2D eigenvalue weighted by Gasteiger charge is -2.68. The lowest BCUT2D eigenvalue weighted by atomic mass is 9.36. The topological polar surface area (TPSA) is 0 Å². The molecule has 30 heavy (non-hydrogen) atoms. The van der Waals surface area contributed by atoms with E-state index in [9.17, 15) is 0 Å². The second-order valence-corrected chi connectivity index (χ2v) is 13.3. The van der Waals surface area contributed by atoms with Crippen LogP contribution in [0.4, 0.5) is 0 Å². The Bertz CT molecular complexity index is 722. The minimum atomic E-state index is 0.475. The molecule has 0 unspecified atom stereocenters. The average Bonchev–Trinajstić information content (AvgIpc) is 2.94. The third-order valence-electron chi connectivity index (χ3n) is 12.0. The first kappa shape index (κ1) is 22.7. The van der Waals surface area contributed by atoms with E-state index in [1.807, 2.05) is 0 Å². The Morgan fingerprint density at radius 2 is 1.70 bits per heavy atom. The van der Waals surface area contributed by atoms with E-state index in [4.69, 9.17) is 0 Å². The number of hydrogen-bond donors (Lipinski definition) is 0. The number of hydrogen-bond acceptors (Lipinski definition) is 0. The lowest BCUT2D eigenvalue weighted by molar-refractivity contribution is -0.181. The number of rotatable bonds is 4. The fraction of sp³-hybridized carbons (Fsp3) is 0.867. The molecule has 4 aliphatic carbocycles. The summed E-state index contributed by atoms with van der Waals surface area (Å²) in [5.41, 5.74) is 5.33. The molecule has 0 nitrogen and oxygen atoms in total. The Morgan fingerprint density at radius 1 is 0.967 bits per heavy atom. The van der Waals surface area contributed by atoms with E-state index >= 15 is 0 Å². The minimum absolute atomic E-state index is 0.475. The first-order valence-corrected chi connectivity index (χ1v) is 13.3. The minimum Gasteiger partial charge on any atom is -0.0859 e. The zero-order chi connectivity index (χ0) is 21.9. The van der Waals surface area contributed by atoms with Crippen LogP contribution in [0.5, 0.6) is 0 Å².